The quantitative estimate of drug-likeness (QED) is 0.754. The molecule has 6 nitrogen and oxygen atoms in total. The maximum absolute atomic E-state index is 11.8. The van der Waals surface area contributed by atoms with Gasteiger partial charge in [0.15, 0.2) is 0 Å². The van der Waals surface area contributed by atoms with Crippen molar-refractivity contribution in [2.24, 2.45) is 0 Å². The third kappa shape index (κ3) is 3.13. The number of piperidine rings is 1. The summed E-state index contributed by atoms with van der Waals surface area (Å²) in [5.74, 6) is 1.92. The number of hydrogen-bond donors (Lipinski definition) is 3. The highest BCUT2D eigenvalue weighted by Crippen LogP contribution is 2.20. The molecule has 2 heterocycles. The maximum atomic E-state index is 11.8. The number of nitrogen functional groups attached to an aromatic ring is 1. The Balaban J connectivity index is 2.20. The Bertz CT molecular complexity index is 474. The normalized spacial score (nSPS) is 19.1. The summed E-state index contributed by atoms with van der Waals surface area (Å²) < 4.78 is 0. The predicted molar refractivity (Wildman–Crippen MR) is 74.8 cm³/mol. The van der Waals surface area contributed by atoms with Crippen LogP contribution in [-0.2, 0) is 11.2 Å². The highest BCUT2D eigenvalue weighted by atomic mass is 16.2. The van der Waals surface area contributed by atoms with Crippen molar-refractivity contribution in [3.63, 3.8) is 0 Å². The number of carbonyl (C=O) groups excluding carboxylic acids is 1. The van der Waals surface area contributed by atoms with Gasteiger partial charge in [0.05, 0.1) is 0 Å². The SMILES string of the molecule is CCCc1nc(N)c(C)c(NC2CCCNC2=O)n1. The van der Waals surface area contributed by atoms with E-state index in [1.807, 2.05) is 6.92 Å². The van der Waals surface area contributed by atoms with Crippen molar-refractivity contribution in [2.45, 2.75) is 45.6 Å². The van der Waals surface area contributed by atoms with Crippen LogP contribution in [0.2, 0.25) is 0 Å². The van der Waals surface area contributed by atoms with Crippen molar-refractivity contribution in [1.29, 1.82) is 0 Å². The van der Waals surface area contributed by atoms with Gasteiger partial charge in [0.25, 0.3) is 0 Å². The molecule has 2 rings (SSSR count). The van der Waals surface area contributed by atoms with E-state index in [1.54, 1.807) is 0 Å². The van der Waals surface area contributed by atoms with Crippen molar-refractivity contribution in [3.05, 3.63) is 11.4 Å². The lowest BCUT2D eigenvalue weighted by Crippen LogP contribution is -2.44. The zero-order valence-corrected chi connectivity index (χ0v) is 11.5. The van der Waals surface area contributed by atoms with E-state index in [4.69, 9.17) is 5.73 Å². The number of rotatable bonds is 4. The standard InChI is InChI=1S/C13H21N5O/c1-3-5-10-17-11(14)8(2)12(18-10)16-9-6-4-7-15-13(9)19/h9H,3-7H2,1-2H3,(H,15,19)(H3,14,16,17,18). The van der Waals surface area contributed by atoms with E-state index in [2.05, 4.69) is 27.5 Å². The van der Waals surface area contributed by atoms with Gasteiger partial charge in [-0.2, -0.15) is 0 Å². The Morgan fingerprint density at radius 1 is 1.47 bits per heavy atom. The highest BCUT2D eigenvalue weighted by molar-refractivity contribution is 5.85. The van der Waals surface area contributed by atoms with Crippen LogP contribution < -0.4 is 16.4 Å². The summed E-state index contributed by atoms with van der Waals surface area (Å²) in [6.07, 6.45) is 3.55. The second-order valence-corrected chi connectivity index (χ2v) is 4.88. The van der Waals surface area contributed by atoms with Gasteiger partial charge in [0.2, 0.25) is 5.91 Å². The lowest BCUT2D eigenvalue weighted by atomic mass is 10.1. The third-order valence-corrected chi connectivity index (χ3v) is 3.30. The molecule has 0 spiro atoms. The Kier molecular flexibility index (Phi) is 4.19. The van der Waals surface area contributed by atoms with Gasteiger partial charge in [-0.3, -0.25) is 4.79 Å². The highest BCUT2D eigenvalue weighted by Gasteiger charge is 2.23. The number of aromatic nitrogens is 2. The fourth-order valence-electron chi connectivity index (χ4n) is 2.13. The minimum Gasteiger partial charge on any atom is -0.383 e. The molecule has 1 aromatic heterocycles. The molecule has 1 amide bonds. The Hall–Kier alpha value is -1.85. The summed E-state index contributed by atoms with van der Waals surface area (Å²) in [6, 6.07) is -0.226. The Morgan fingerprint density at radius 2 is 2.26 bits per heavy atom. The predicted octanol–water partition coefficient (Wildman–Crippen LogP) is 1.01. The molecule has 0 radical (unpaired) electrons. The summed E-state index contributed by atoms with van der Waals surface area (Å²) in [7, 11) is 0. The van der Waals surface area contributed by atoms with Crippen LogP contribution in [0.15, 0.2) is 0 Å². The van der Waals surface area contributed by atoms with Gasteiger partial charge in [0, 0.05) is 18.5 Å². The van der Waals surface area contributed by atoms with E-state index in [9.17, 15) is 4.79 Å². The summed E-state index contributed by atoms with van der Waals surface area (Å²) >= 11 is 0. The van der Waals surface area contributed by atoms with Crippen LogP contribution in [0.5, 0.6) is 0 Å². The van der Waals surface area contributed by atoms with E-state index in [0.717, 1.165) is 43.6 Å². The second kappa shape index (κ2) is 5.86. The molecular formula is C13H21N5O. The average molecular weight is 263 g/mol. The number of hydrogen-bond acceptors (Lipinski definition) is 5. The fraction of sp³-hybridized carbons (Fsp3) is 0.615. The minimum atomic E-state index is -0.226. The molecule has 0 aliphatic carbocycles. The molecule has 0 bridgehead atoms. The van der Waals surface area contributed by atoms with Crippen molar-refractivity contribution in [3.8, 4) is 0 Å². The maximum Gasteiger partial charge on any atom is 0.242 e. The number of nitrogens with one attached hydrogen (secondary N) is 2. The monoisotopic (exact) mass is 263 g/mol. The molecule has 1 aliphatic heterocycles. The molecule has 1 atom stereocenters. The summed E-state index contributed by atoms with van der Waals surface area (Å²) in [4.78, 5) is 20.5. The van der Waals surface area contributed by atoms with Gasteiger partial charge < -0.3 is 16.4 Å². The molecule has 1 unspecified atom stereocenters. The van der Waals surface area contributed by atoms with Crippen LogP contribution in [0.4, 0.5) is 11.6 Å². The van der Waals surface area contributed by atoms with E-state index >= 15 is 0 Å². The number of aryl methyl sites for hydroxylation is 1. The number of amides is 1. The third-order valence-electron chi connectivity index (χ3n) is 3.30. The van der Waals surface area contributed by atoms with E-state index in [1.165, 1.54) is 0 Å². The zero-order valence-electron chi connectivity index (χ0n) is 11.5. The lowest BCUT2D eigenvalue weighted by Gasteiger charge is -2.24. The van der Waals surface area contributed by atoms with E-state index in [-0.39, 0.29) is 11.9 Å². The number of nitrogens with zero attached hydrogens (tertiary/aromatic N) is 2. The lowest BCUT2D eigenvalue weighted by molar-refractivity contribution is -0.123. The van der Waals surface area contributed by atoms with Crippen LogP contribution in [0, 0.1) is 6.92 Å². The molecule has 1 aromatic rings. The zero-order chi connectivity index (χ0) is 13.8. The molecule has 104 valence electrons. The Morgan fingerprint density at radius 3 is 2.95 bits per heavy atom. The first-order valence-electron chi connectivity index (χ1n) is 6.79. The van der Waals surface area contributed by atoms with Gasteiger partial charge >= 0.3 is 0 Å². The molecule has 1 aliphatic rings. The van der Waals surface area contributed by atoms with Crippen molar-refractivity contribution in [2.75, 3.05) is 17.6 Å². The molecule has 6 heteroatoms. The number of nitrogens with two attached hydrogens (primary N) is 1. The van der Waals surface area contributed by atoms with Crippen LogP contribution in [0.3, 0.4) is 0 Å². The first kappa shape index (κ1) is 13.6. The van der Waals surface area contributed by atoms with Crippen LogP contribution in [-0.4, -0.2) is 28.5 Å². The van der Waals surface area contributed by atoms with Gasteiger partial charge in [-0.1, -0.05) is 6.92 Å². The largest absolute Gasteiger partial charge is 0.383 e. The first-order chi connectivity index (χ1) is 9.11. The van der Waals surface area contributed by atoms with E-state index in [0.29, 0.717) is 11.6 Å². The van der Waals surface area contributed by atoms with Crippen LogP contribution >= 0.6 is 0 Å². The average Bonchev–Trinajstić information content (AvgIpc) is 2.38. The van der Waals surface area contributed by atoms with Crippen molar-refractivity contribution < 1.29 is 4.79 Å². The topological polar surface area (TPSA) is 92.9 Å². The molecule has 1 fully saturated rings. The van der Waals surface area contributed by atoms with Crippen LogP contribution in [0.25, 0.3) is 0 Å². The molecule has 4 N–H and O–H groups in total. The summed E-state index contributed by atoms with van der Waals surface area (Å²) in [6.45, 7) is 4.69. The van der Waals surface area contributed by atoms with E-state index < -0.39 is 0 Å². The number of carbonyl (C=O) groups is 1. The molecular weight excluding hydrogens is 242 g/mol. The first-order valence-corrected chi connectivity index (χ1v) is 6.79. The second-order valence-electron chi connectivity index (χ2n) is 4.88. The Labute approximate surface area is 113 Å². The van der Waals surface area contributed by atoms with Crippen molar-refractivity contribution in [1.82, 2.24) is 15.3 Å². The molecule has 19 heavy (non-hydrogen) atoms. The fourth-order valence-corrected chi connectivity index (χ4v) is 2.13. The van der Waals surface area contributed by atoms with Crippen LogP contribution in [0.1, 0.15) is 37.6 Å². The van der Waals surface area contributed by atoms with Gasteiger partial charge in [-0.25, -0.2) is 9.97 Å². The van der Waals surface area contributed by atoms with Gasteiger partial charge in [-0.15, -0.1) is 0 Å². The molecule has 0 aromatic carbocycles. The van der Waals surface area contributed by atoms with Crippen molar-refractivity contribution >= 4 is 17.5 Å². The van der Waals surface area contributed by atoms with Gasteiger partial charge in [-0.05, 0) is 26.2 Å². The smallest absolute Gasteiger partial charge is 0.242 e. The molecule has 1 saturated heterocycles. The number of anilines is 2. The minimum absolute atomic E-state index is 0.0277. The van der Waals surface area contributed by atoms with Gasteiger partial charge in [0.1, 0.15) is 23.5 Å². The summed E-state index contributed by atoms with van der Waals surface area (Å²) in [5, 5.41) is 6.05. The molecule has 0 saturated carbocycles. The summed E-state index contributed by atoms with van der Waals surface area (Å²) in [5.41, 5.74) is 6.70.